The molecule has 2 fully saturated rings. The van der Waals surface area contributed by atoms with E-state index < -0.39 is 0 Å². The number of hydrogen-bond acceptors (Lipinski definition) is 3. The molecule has 2 N–H and O–H groups in total. The van der Waals surface area contributed by atoms with Gasteiger partial charge >= 0.3 is 0 Å². The fourth-order valence-corrected chi connectivity index (χ4v) is 3.54. The lowest BCUT2D eigenvalue weighted by atomic mass is 9.77. The largest absolute Gasteiger partial charge is 0.394 e. The summed E-state index contributed by atoms with van der Waals surface area (Å²) in [5.74, 6) is 0.837. The van der Waals surface area contributed by atoms with Crippen molar-refractivity contribution >= 4 is 5.91 Å². The maximum atomic E-state index is 12.2. The fourth-order valence-electron chi connectivity index (χ4n) is 3.54. The first kappa shape index (κ1) is 14.8. The molecule has 0 radical (unpaired) electrons. The van der Waals surface area contributed by atoms with Gasteiger partial charge in [0.25, 0.3) is 0 Å². The number of nitrogens with zero attached hydrogens (tertiary/aromatic N) is 1. The summed E-state index contributed by atoms with van der Waals surface area (Å²) in [5.41, 5.74) is -0.219. The van der Waals surface area contributed by atoms with Gasteiger partial charge in [0.15, 0.2) is 0 Å². The Balaban J connectivity index is 1.83. The molecule has 1 saturated heterocycles. The van der Waals surface area contributed by atoms with Crippen molar-refractivity contribution in [2.75, 3.05) is 26.2 Å². The first-order valence-electron chi connectivity index (χ1n) is 7.79. The number of piperidine rings is 1. The van der Waals surface area contributed by atoms with Gasteiger partial charge in [-0.05, 0) is 38.0 Å². The predicted octanol–water partition coefficient (Wildman–Crippen LogP) is 1.53. The molecular formula is C15H28N2O2. The van der Waals surface area contributed by atoms with Gasteiger partial charge in [-0.25, -0.2) is 0 Å². The summed E-state index contributed by atoms with van der Waals surface area (Å²) >= 11 is 0. The number of aliphatic hydroxyl groups is 1. The Morgan fingerprint density at radius 2 is 2.05 bits per heavy atom. The van der Waals surface area contributed by atoms with Crippen LogP contribution in [0.5, 0.6) is 0 Å². The van der Waals surface area contributed by atoms with Gasteiger partial charge in [0.2, 0.25) is 5.91 Å². The quantitative estimate of drug-likeness (QED) is 0.813. The number of carbonyl (C=O) groups is 1. The zero-order valence-electron chi connectivity index (χ0n) is 12.2. The Morgan fingerprint density at radius 1 is 1.32 bits per heavy atom. The van der Waals surface area contributed by atoms with Crippen LogP contribution in [0, 0.1) is 5.92 Å². The third kappa shape index (κ3) is 3.93. The molecule has 4 nitrogen and oxygen atoms in total. The molecule has 2 atom stereocenters. The summed E-state index contributed by atoms with van der Waals surface area (Å²) in [6.07, 6.45) is 7.87. The van der Waals surface area contributed by atoms with Crippen LogP contribution in [-0.4, -0.2) is 47.7 Å². The molecule has 0 spiro atoms. The van der Waals surface area contributed by atoms with E-state index in [9.17, 15) is 9.90 Å². The highest BCUT2D eigenvalue weighted by Crippen LogP contribution is 2.31. The van der Waals surface area contributed by atoms with Gasteiger partial charge in [0.05, 0.1) is 13.2 Å². The van der Waals surface area contributed by atoms with Crippen LogP contribution in [0.2, 0.25) is 0 Å². The van der Waals surface area contributed by atoms with Crippen LogP contribution in [0.15, 0.2) is 0 Å². The maximum Gasteiger partial charge on any atom is 0.236 e. The molecular weight excluding hydrogens is 240 g/mol. The Labute approximate surface area is 116 Å². The van der Waals surface area contributed by atoms with Crippen molar-refractivity contribution in [2.45, 2.75) is 57.4 Å². The van der Waals surface area contributed by atoms with Crippen LogP contribution in [0.25, 0.3) is 0 Å². The summed E-state index contributed by atoms with van der Waals surface area (Å²) in [6.45, 7) is 4.57. The summed E-state index contributed by atoms with van der Waals surface area (Å²) < 4.78 is 0. The minimum Gasteiger partial charge on any atom is -0.394 e. The van der Waals surface area contributed by atoms with Crippen molar-refractivity contribution in [3.63, 3.8) is 0 Å². The summed E-state index contributed by atoms with van der Waals surface area (Å²) in [5, 5.41) is 13.1. The molecule has 1 aliphatic carbocycles. The van der Waals surface area contributed by atoms with Crippen LogP contribution >= 0.6 is 0 Å². The van der Waals surface area contributed by atoms with Crippen molar-refractivity contribution in [3.05, 3.63) is 0 Å². The molecule has 0 aromatic heterocycles. The molecule has 0 bridgehead atoms. The van der Waals surface area contributed by atoms with Gasteiger partial charge in [0, 0.05) is 18.6 Å². The fraction of sp³-hybridized carbons (Fsp3) is 0.933. The normalized spacial score (nSPS) is 32.3. The molecule has 110 valence electrons. The Kier molecular flexibility index (Phi) is 5.22. The van der Waals surface area contributed by atoms with Crippen LogP contribution in [0.3, 0.4) is 0 Å². The zero-order valence-corrected chi connectivity index (χ0v) is 12.2. The third-order valence-electron chi connectivity index (χ3n) is 4.72. The number of aliphatic hydroxyl groups excluding tert-OH is 1. The minimum atomic E-state index is -0.219. The van der Waals surface area contributed by atoms with Crippen molar-refractivity contribution in [2.24, 2.45) is 5.92 Å². The maximum absolute atomic E-state index is 12.2. The van der Waals surface area contributed by atoms with Crippen molar-refractivity contribution in [3.8, 4) is 0 Å². The van der Waals surface area contributed by atoms with Crippen LogP contribution in [0.4, 0.5) is 0 Å². The summed E-state index contributed by atoms with van der Waals surface area (Å²) in [4.78, 5) is 14.1. The molecule has 1 saturated carbocycles. The second-order valence-corrected chi connectivity index (χ2v) is 6.43. The lowest BCUT2D eigenvalue weighted by Crippen LogP contribution is -2.55. The molecule has 0 aromatic carbocycles. The number of carbonyl (C=O) groups excluding carboxylic acids is 1. The average molecular weight is 268 g/mol. The van der Waals surface area contributed by atoms with E-state index in [0.29, 0.717) is 12.5 Å². The SMILES string of the molecule is CC1CCCC(CO)(NCC(=O)N2CCCCC2)C1. The van der Waals surface area contributed by atoms with Crippen molar-refractivity contribution < 1.29 is 9.90 Å². The molecule has 2 aliphatic rings. The van der Waals surface area contributed by atoms with E-state index in [4.69, 9.17) is 0 Å². The zero-order chi connectivity index (χ0) is 13.7. The highest BCUT2D eigenvalue weighted by Gasteiger charge is 2.34. The standard InChI is InChI=1S/C15H28N2O2/c1-13-6-5-7-15(10-13,12-18)16-11-14(19)17-8-3-2-4-9-17/h13,16,18H,2-12H2,1H3. The van der Waals surface area contributed by atoms with E-state index in [0.717, 1.165) is 45.2 Å². The molecule has 2 rings (SSSR count). The second-order valence-electron chi connectivity index (χ2n) is 6.43. The predicted molar refractivity (Wildman–Crippen MR) is 75.9 cm³/mol. The van der Waals surface area contributed by atoms with Gasteiger partial charge in [-0.2, -0.15) is 0 Å². The lowest BCUT2D eigenvalue weighted by Gasteiger charge is -2.40. The Hall–Kier alpha value is -0.610. The second kappa shape index (κ2) is 6.71. The van der Waals surface area contributed by atoms with Crippen molar-refractivity contribution in [1.29, 1.82) is 0 Å². The van der Waals surface area contributed by atoms with E-state index in [1.807, 2.05) is 4.90 Å². The number of likely N-dealkylation sites (tertiary alicyclic amines) is 1. The van der Waals surface area contributed by atoms with E-state index in [1.165, 1.54) is 12.8 Å². The molecule has 19 heavy (non-hydrogen) atoms. The molecule has 4 heteroatoms. The van der Waals surface area contributed by atoms with E-state index in [1.54, 1.807) is 0 Å². The van der Waals surface area contributed by atoms with Crippen molar-refractivity contribution in [1.82, 2.24) is 10.2 Å². The topological polar surface area (TPSA) is 52.6 Å². The van der Waals surface area contributed by atoms with Gasteiger partial charge in [-0.1, -0.05) is 19.8 Å². The Morgan fingerprint density at radius 3 is 2.68 bits per heavy atom. The molecule has 1 amide bonds. The van der Waals surface area contributed by atoms with Crippen LogP contribution < -0.4 is 5.32 Å². The van der Waals surface area contributed by atoms with Crippen LogP contribution in [0.1, 0.15) is 51.9 Å². The smallest absolute Gasteiger partial charge is 0.236 e. The Bertz CT molecular complexity index is 303. The van der Waals surface area contributed by atoms with Gasteiger partial charge < -0.3 is 15.3 Å². The molecule has 0 aromatic rings. The molecule has 2 unspecified atom stereocenters. The highest BCUT2D eigenvalue weighted by atomic mass is 16.3. The number of amides is 1. The molecule has 1 heterocycles. The van der Waals surface area contributed by atoms with E-state index >= 15 is 0 Å². The lowest BCUT2D eigenvalue weighted by molar-refractivity contribution is -0.131. The van der Waals surface area contributed by atoms with E-state index in [2.05, 4.69) is 12.2 Å². The highest BCUT2D eigenvalue weighted by molar-refractivity contribution is 5.78. The summed E-state index contributed by atoms with van der Waals surface area (Å²) in [6, 6.07) is 0. The number of rotatable bonds is 4. The first-order valence-corrected chi connectivity index (χ1v) is 7.79. The minimum absolute atomic E-state index is 0.143. The monoisotopic (exact) mass is 268 g/mol. The third-order valence-corrected chi connectivity index (χ3v) is 4.72. The van der Waals surface area contributed by atoms with Gasteiger partial charge in [-0.15, -0.1) is 0 Å². The van der Waals surface area contributed by atoms with Gasteiger partial charge in [0.1, 0.15) is 0 Å². The van der Waals surface area contributed by atoms with Crippen LogP contribution in [-0.2, 0) is 4.79 Å². The number of hydrogen-bond donors (Lipinski definition) is 2. The van der Waals surface area contributed by atoms with E-state index in [-0.39, 0.29) is 18.1 Å². The molecule has 1 aliphatic heterocycles. The number of nitrogens with one attached hydrogen (secondary N) is 1. The average Bonchev–Trinajstić information content (AvgIpc) is 2.46. The van der Waals surface area contributed by atoms with Gasteiger partial charge in [-0.3, -0.25) is 4.79 Å². The first-order chi connectivity index (χ1) is 9.15. The summed E-state index contributed by atoms with van der Waals surface area (Å²) in [7, 11) is 0.